The van der Waals surface area contributed by atoms with Crippen LogP contribution in [0.25, 0.3) is 0 Å². The second kappa shape index (κ2) is 9.10. The molecule has 1 amide bonds. The molecule has 0 aliphatic rings. The first-order valence-corrected chi connectivity index (χ1v) is 9.25. The summed E-state index contributed by atoms with van der Waals surface area (Å²) in [6.07, 6.45) is 0. The molecule has 0 spiro atoms. The summed E-state index contributed by atoms with van der Waals surface area (Å²) in [4.78, 5) is 37.2. The van der Waals surface area contributed by atoms with Crippen LogP contribution >= 0.6 is 15.9 Å². The Hall–Kier alpha value is -3.25. The fraction of sp³-hybridized carbons (Fsp3) is 0.0455. The maximum Gasteiger partial charge on any atom is 0.339 e. The Labute approximate surface area is 170 Å². The zero-order valence-electron chi connectivity index (χ0n) is 14.7. The maximum absolute atomic E-state index is 12.7. The van der Waals surface area contributed by atoms with E-state index < -0.39 is 18.5 Å². The number of amides is 1. The molecule has 0 unspecified atom stereocenters. The topological polar surface area (TPSA) is 72.5 Å². The van der Waals surface area contributed by atoms with Gasteiger partial charge >= 0.3 is 5.97 Å². The number of ether oxygens (including phenoxy) is 1. The summed E-state index contributed by atoms with van der Waals surface area (Å²) in [7, 11) is 0. The minimum Gasteiger partial charge on any atom is -0.452 e. The highest BCUT2D eigenvalue weighted by atomic mass is 79.9. The van der Waals surface area contributed by atoms with Crippen molar-refractivity contribution in [2.45, 2.75) is 0 Å². The predicted octanol–water partition coefficient (Wildman–Crippen LogP) is 4.48. The fourth-order valence-electron chi connectivity index (χ4n) is 2.58. The summed E-state index contributed by atoms with van der Waals surface area (Å²) < 4.78 is 5.92. The Bertz CT molecular complexity index is 1020. The van der Waals surface area contributed by atoms with Gasteiger partial charge in [-0.25, -0.2) is 4.79 Å². The number of rotatable bonds is 6. The summed E-state index contributed by atoms with van der Waals surface area (Å²) in [5.41, 5.74) is 1.39. The van der Waals surface area contributed by atoms with E-state index in [0.29, 0.717) is 11.3 Å². The van der Waals surface area contributed by atoms with Gasteiger partial charge in [-0.1, -0.05) is 70.5 Å². The van der Waals surface area contributed by atoms with E-state index in [2.05, 4.69) is 21.2 Å². The van der Waals surface area contributed by atoms with Crippen molar-refractivity contribution < 1.29 is 19.1 Å². The first-order chi connectivity index (χ1) is 13.5. The molecule has 0 bridgehead atoms. The van der Waals surface area contributed by atoms with Gasteiger partial charge in [0.1, 0.15) is 0 Å². The van der Waals surface area contributed by atoms with Crippen LogP contribution in [-0.2, 0) is 9.53 Å². The molecule has 28 heavy (non-hydrogen) atoms. The molecular formula is C22H16BrNO4. The smallest absolute Gasteiger partial charge is 0.339 e. The number of esters is 1. The van der Waals surface area contributed by atoms with Crippen LogP contribution < -0.4 is 5.32 Å². The number of halogens is 1. The van der Waals surface area contributed by atoms with E-state index >= 15 is 0 Å². The Balaban J connectivity index is 1.68. The minimum absolute atomic E-state index is 0.117. The van der Waals surface area contributed by atoms with Gasteiger partial charge in [0.05, 0.1) is 5.56 Å². The number of carbonyl (C=O) groups excluding carboxylic acids is 3. The molecule has 0 aliphatic carbocycles. The van der Waals surface area contributed by atoms with Crippen molar-refractivity contribution in [2.24, 2.45) is 0 Å². The maximum atomic E-state index is 12.7. The molecule has 0 saturated heterocycles. The fourth-order valence-corrected chi connectivity index (χ4v) is 2.98. The molecule has 0 fully saturated rings. The van der Waals surface area contributed by atoms with Crippen molar-refractivity contribution in [3.8, 4) is 0 Å². The molecule has 1 N–H and O–H groups in total. The number of carbonyl (C=O) groups is 3. The first-order valence-electron chi connectivity index (χ1n) is 8.46. The molecule has 3 aromatic rings. The molecule has 0 saturated carbocycles. The number of nitrogens with one attached hydrogen (secondary N) is 1. The third-order valence-electron chi connectivity index (χ3n) is 3.87. The van der Waals surface area contributed by atoms with Crippen molar-refractivity contribution in [3.63, 3.8) is 0 Å². The van der Waals surface area contributed by atoms with E-state index in [1.165, 1.54) is 6.07 Å². The van der Waals surface area contributed by atoms with Gasteiger partial charge in [-0.2, -0.15) is 0 Å². The van der Waals surface area contributed by atoms with Gasteiger partial charge in [0, 0.05) is 21.3 Å². The van der Waals surface area contributed by atoms with E-state index in [0.717, 1.165) is 4.47 Å². The normalized spacial score (nSPS) is 10.2. The van der Waals surface area contributed by atoms with Crippen molar-refractivity contribution in [3.05, 3.63) is 100 Å². The van der Waals surface area contributed by atoms with Crippen LogP contribution in [0.3, 0.4) is 0 Å². The molecule has 3 aromatic carbocycles. The van der Waals surface area contributed by atoms with Gasteiger partial charge in [0.25, 0.3) is 5.91 Å². The molecule has 6 heteroatoms. The second-order valence-corrected chi connectivity index (χ2v) is 6.79. The lowest BCUT2D eigenvalue weighted by Crippen LogP contribution is -2.22. The van der Waals surface area contributed by atoms with Crippen molar-refractivity contribution in [1.82, 2.24) is 0 Å². The summed E-state index contributed by atoms with van der Waals surface area (Å²) in [5, 5.41) is 2.64. The van der Waals surface area contributed by atoms with Crippen LogP contribution in [0.1, 0.15) is 26.3 Å². The van der Waals surface area contributed by atoms with Gasteiger partial charge < -0.3 is 10.1 Å². The average Bonchev–Trinajstić information content (AvgIpc) is 2.72. The van der Waals surface area contributed by atoms with E-state index in [1.54, 1.807) is 66.7 Å². The SMILES string of the molecule is O=C(COC(=O)c1ccccc1C(=O)c1ccccc1)Nc1cccc(Br)c1. The monoisotopic (exact) mass is 437 g/mol. The Kier molecular flexibility index (Phi) is 6.34. The van der Waals surface area contributed by atoms with Crippen LogP contribution in [0.15, 0.2) is 83.3 Å². The average molecular weight is 438 g/mol. The first kappa shape index (κ1) is 19.5. The molecule has 3 rings (SSSR count). The van der Waals surface area contributed by atoms with Crippen LogP contribution in [0.2, 0.25) is 0 Å². The van der Waals surface area contributed by atoms with Crippen molar-refractivity contribution in [2.75, 3.05) is 11.9 Å². The standard InChI is InChI=1S/C22H16BrNO4/c23-16-9-6-10-17(13-16)24-20(25)14-28-22(27)19-12-5-4-11-18(19)21(26)15-7-2-1-3-8-15/h1-13H,14H2,(H,24,25). The molecule has 0 aromatic heterocycles. The molecular weight excluding hydrogens is 422 g/mol. The molecule has 0 atom stereocenters. The lowest BCUT2D eigenvalue weighted by atomic mass is 9.98. The summed E-state index contributed by atoms with van der Waals surface area (Å²) >= 11 is 3.32. The number of benzene rings is 3. The summed E-state index contributed by atoms with van der Waals surface area (Å²) in [6.45, 7) is -0.459. The predicted molar refractivity (Wildman–Crippen MR) is 109 cm³/mol. The highest BCUT2D eigenvalue weighted by Gasteiger charge is 2.19. The van der Waals surface area contributed by atoms with E-state index in [-0.39, 0.29) is 16.9 Å². The molecule has 140 valence electrons. The van der Waals surface area contributed by atoms with Gasteiger partial charge in [-0.05, 0) is 24.3 Å². The van der Waals surface area contributed by atoms with Crippen LogP contribution in [0.5, 0.6) is 0 Å². The number of ketones is 1. The van der Waals surface area contributed by atoms with Crippen LogP contribution in [0, 0.1) is 0 Å². The van der Waals surface area contributed by atoms with Crippen LogP contribution in [-0.4, -0.2) is 24.3 Å². The Morgan fingerprint density at radius 3 is 2.21 bits per heavy atom. The number of hydrogen-bond acceptors (Lipinski definition) is 4. The Morgan fingerprint density at radius 2 is 1.50 bits per heavy atom. The lowest BCUT2D eigenvalue weighted by molar-refractivity contribution is -0.119. The van der Waals surface area contributed by atoms with E-state index in [1.807, 2.05) is 6.07 Å². The molecule has 0 aliphatic heterocycles. The zero-order chi connectivity index (χ0) is 19.9. The van der Waals surface area contributed by atoms with Crippen molar-refractivity contribution in [1.29, 1.82) is 0 Å². The molecule has 0 radical (unpaired) electrons. The third kappa shape index (κ3) is 4.92. The largest absolute Gasteiger partial charge is 0.452 e. The van der Waals surface area contributed by atoms with Gasteiger partial charge in [0.2, 0.25) is 0 Å². The lowest BCUT2D eigenvalue weighted by Gasteiger charge is -2.10. The number of anilines is 1. The van der Waals surface area contributed by atoms with Crippen molar-refractivity contribution >= 4 is 39.3 Å². The third-order valence-corrected chi connectivity index (χ3v) is 4.36. The van der Waals surface area contributed by atoms with Gasteiger partial charge in [-0.3, -0.25) is 9.59 Å². The summed E-state index contributed by atoms with van der Waals surface area (Å²) in [5.74, 6) is -1.49. The quantitative estimate of drug-likeness (QED) is 0.455. The van der Waals surface area contributed by atoms with E-state index in [9.17, 15) is 14.4 Å². The van der Waals surface area contributed by atoms with Gasteiger partial charge in [-0.15, -0.1) is 0 Å². The number of hydrogen-bond donors (Lipinski definition) is 1. The molecule has 5 nitrogen and oxygen atoms in total. The second-order valence-electron chi connectivity index (χ2n) is 5.88. The van der Waals surface area contributed by atoms with Gasteiger partial charge in [0.15, 0.2) is 12.4 Å². The van der Waals surface area contributed by atoms with Crippen LogP contribution in [0.4, 0.5) is 5.69 Å². The highest BCUT2D eigenvalue weighted by molar-refractivity contribution is 9.10. The highest BCUT2D eigenvalue weighted by Crippen LogP contribution is 2.17. The minimum atomic E-state index is -0.732. The Morgan fingerprint density at radius 1 is 0.821 bits per heavy atom. The molecule has 0 heterocycles. The summed E-state index contributed by atoms with van der Waals surface area (Å²) in [6, 6.07) is 22.1. The zero-order valence-corrected chi connectivity index (χ0v) is 16.3. The van der Waals surface area contributed by atoms with E-state index in [4.69, 9.17) is 4.74 Å².